The third-order valence-electron chi connectivity index (χ3n) is 2.39. The molecule has 12 heavy (non-hydrogen) atoms. The first-order chi connectivity index (χ1) is 5.77. The summed E-state index contributed by atoms with van der Waals surface area (Å²) in [5, 5.41) is 0. The molecule has 1 saturated heterocycles. The van der Waals surface area contributed by atoms with Gasteiger partial charge in [0.05, 0.1) is 12.0 Å². The topological polar surface area (TPSA) is 35.5 Å². The summed E-state index contributed by atoms with van der Waals surface area (Å²) in [5.74, 6) is -0.205. The van der Waals surface area contributed by atoms with Crippen LogP contribution in [0.2, 0.25) is 0 Å². The second-order valence-corrected chi connectivity index (χ2v) is 4.80. The van der Waals surface area contributed by atoms with Crippen molar-refractivity contribution in [1.82, 2.24) is 0 Å². The van der Waals surface area contributed by atoms with E-state index in [1.54, 1.807) is 0 Å². The maximum absolute atomic E-state index is 11.3. The zero-order valence-corrected chi connectivity index (χ0v) is 8.18. The molecule has 0 aromatic rings. The van der Waals surface area contributed by atoms with Crippen molar-refractivity contribution >= 4 is 24.9 Å². The minimum absolute atomic E-state index is 0.0311. The maximum Gasteiger partial charge on any atom is 0.340 e. The second-order valence-electron chi connectivity index (χ2n) is 3.16. The lowest BCUT2D eigenvalue weighted by molar-refractivity contribution is -0.148. The van der Waals surface area contributed by atoms with Gasteiger partial charge in [-0.2, -0.15) is 0 Å². The first-order valence-corrected chi connectivity index (χ1v) is 6.20. The largest absolute Gasteiger partial charge is 0.404 e. The van der Waals surface area contributed by atoms with Gasteiger partial charge in [-0.1, -0.05) is 12.8 Å². The monoisotopic (exact) mass is 208 g/mol. The summed E-state index contributed by atoms with van der Waals surface area (Å²) < 4.78 is 10.2. The maximum atomic E-state index is 11.3. The number of carbonyl (C=O) groups is 1. The van der Waals surface area contributed by atoms with Crippen molar-refractivity contribution in [3.8, 4) is 0 Å². The van der Waals surface area contributed by atoms with Crippen LogP contribution >= 0.6 is 19.0 Å². The molecule has 0 bridgehead atoms. The fraction of sp³-hybridized carbons (Fsp3) is 0.857. The molecule has 0 spiro atoms. The van der Waals surface area contributed by atoms with E-state index < -0.39 is 7.73 Å². The Labute approximate surface area is 77.1 Å². The molecule has 1 heterocycles. The average Bonchev–Trinajstić information content (AvgIpc) is 2.04. The third-order valence-corrected chi connectivity index (χ3v) is 3.59. The van der Waals surface area contributed by atoms with Crippen LogP contribution in [-0.4, -0.2) is 12.1 Å². The lowest BCUT2D eigenvalue weighted by Gasteiger charge is -2.34. The lowest BCUT2D eigenvalue weighted by atomic mass is 9.87. The van der Waals surface area contributed by atoms with Gasteiger partial charge in [0, 0.05) is 0 Å². The zero-order chi connectivity index (χ0) is 8.55. The number of hydrogen-bond donors (Lipinski definition) is 0. The van der Waals surface area contributed by atoms with Crippen molar-refractivity contribution in [1.29, 1.82) is 0 Å². The van der Waals surface area contributed by atoms with E-state index in [0.717, 1.165) is 25.7 Å². The number of rotatable bonds is 0. The van der Waals surface area contributed by atoms with E-state index in [1.807, 2.05) is 0 Å². The smallest absolute Gasteiger partial charge is 0.340 e. The Morgan fingerprint density at radius 1 is 1.42 bits per heavy atom. The highest BCUT2D eigenvalue weighted by atomic mass is 35.7. The van der Waals surface area contributed by atoms with Crippen molar-refractivity contribution in [2.45, 2.75) is 31.8 Å². The van der Waals surface area contributed by atoms with E-state index in [0.29, 0.717) is 0 Å². The molecule has 5 heteroatoms. The molecule has 2 aliphatic rings. The lowest BCUT2D eigenvalue weighted by Crippen LogP contribution is -2.36. The third kappa shape index (κ3) is 1.59. The van der Waals surface area contributed by atoms with Crippen LogP contribution < -0.4 is 0 Å². The minimum Gasteiger partial charge on any atom is -0.404 e. The van der Waals surface area contributed by atoms with E-state index in [9.17, 15) is 4.79 Å². The normalized spacial score (nSPS) is 41.8. The fourth-order valence-corrected chi connectivity index (χ4v) is 3.06. The summed E-state index contributed by atoms with van der Waals surface area (Å²) in [4.78, 5) is 11.3. The number of halogens is 1. The van der Waals surface area contributed by atoms with E-state index in [4.69, 9.17) is 20.3 Å². The van der Waals surface area contributed by atoms with E-state index in [2.05, 4.69) is 0 Å². The Balaban J connectivity index is 2.06. The van der Waals surface area contributed by atoms with E-state index in [1.165, 1.54) is 0 Å². The van der Waals surface area contributed by atoms with Gasteiger partial charge in [-0.15, -0.1) is 0 Å². The molecule has 3 unspecified atom stereocenters. The van der Waals surface area contributed by atoms with Gasteiger partial charge >= 0.3 is 13.7 Å². The van der Waals surface area contributed by atoms with Gasteiger partial charge < -0.3 is 9.05 Å². The summed E-state index contributed by atoms with van der Waals surface area (Å²) in [6.45, 7) is 0. The minimum atomic E-state index is -1.45. The molecule has 68 valence electrons. The fourth-order valence-electron chi connectivity index (χ4n) is 1.76. The highest BCUT2D eigenvalue weighted by molar-refractivity contribution is 7.76. The van der Waals surface area contributed by atoms with Gasteiger partial charge in [0.15, 0.2) is 0 Å². The predicted octanol–water partition coefficient (Wildman–Crippen LogP) is 2.58. The SMILES string of the molecule is O=C1OP(Cl)OC2CCCCC12. The number of carbonyl (C=O) groups excluding carboxylic acids is 1. The van der Waals surface area contributed by atoms with Crippen LogP contribution in [0.4, 0.5) is 0 Å². The summed E-state index contributed by atoms with van der Waals surface area (Å²) in [6, 6.07) is 0. The Bertz CT molecular complexity index is 199. The van der Waals surface area contributed by atoms with Crippen LogP contribution in [0.1, 0.15) is 25.7 Å². The highest BCUT2D eigenvalue weighted by Crippen LogP contribution is 2.52. The van der Waals surface area contributed by atoms with Gasteiger partial charge in [-0.25, -0.2) is 0 Å². The number of hydrogen-bond acceptors (Lipinski definition) is 3. The van der Waals surface area contributed by atoms with E-state index in [-0.39, 0.29) is 18.0 Å². The molecule has 0 N–H and O–H groups in total. The molecule has 1 aliphatic carbocycles. The van der Waals surface area contributed by atoms with Crippen molar-refractivity contribution in [2.75, 3.05) is 0 Å². The first kappa shape index (κ1) is 8.74. The van der Waals surface area contributed by atoms with Crippen LogP contribution in [0, 0.1) is 5.92 Å². The molecule has 0 aromatic heterocycles. The highest BCUT2D eigenvalue weighted by Gasteiger charge is 2.40. The van der Waals surface area contributed by atoms with Crippen LogP contribution in [0.25, 0.3) is 0 Å². The molecule has 1 saturated carbocycles. The van der Waals surface area contributed by atoms with Crippen molar-refractivity contribution in [3.05, 3.63) is 0 Å². The van der Waals surface area contributed by atoms with Crippen LogP contribution in [0.15, 0.2) is 0 Å². The summed E-state index contributed by atoms with van der Waals surface area (Å²) >= 11 is 5.63. The quantitative estimate of drug-likeness (QED) is 0.574. The van der Waals surface area contributed by atoms with Crippen molar-refractivity contribution in [3.63, 3.8) is 0 Å². The molecule has 3 atom stereocenters. The molecule has 3 nitrogen and oxygen atoms in total. The van der Waals surface area contributed by atoms with Crippen molar-refractivity contribution < 1.29 is 13.8 Å². The Morgan fingerprint density at radius 3 is 3.00 bits per heavy atom. The van der Waals surface area contributed by atoms with Crippen molar-refractivity contribution in [2.24, 2.45) is 5.92 Å². The number of fused-ring (bicyclic) bond motifs is 1. The van der Waals surface area contributed by atoms with Gasteiger partial charge in [0.25, 0.3) is 0 Å². The van der Waals surface area contributed by atoms with Gasteiger partial charge in [-0.3, -0.25) is 4.79 Å². The zero-order valence-electron chi connectivity index (χ0n) is 6.53. The molecule has 1 aliphatic heterocycles. The molecule has 2 fully saturated rings. The van der Waals surface area contributed by atoms with Gasteiger partial charge in [0.2, 0.25) is 0 Å². The first-order valence-electron chi connectivity index (χ1n) is 4.12. The molecule has 0 radical (unpaired) electrons. The Hall–Kier alpha value is 0.150. The Kier molecular flexibility index (Phi) is 2.54. The Morgan fingerprint density at radius 2 is 2.17 bits per heavy atom. The summed E-state index contributed by atoms with van der Waals surface area (Å²) in [5.41, 5.74) is 0. The average molecular weight is 209 g/mol. The molecule has 0 aromatic carbocycles. The second kappa shape index (κ2) is 3.49. The molecule has 0 amide bonds. The van der Waals surface area contributed by atoms with Gasteiger partial charge in [-0.05, 0) is 24.1 Å². The molecular weight excluding hydrogens is 199 g/mol. The predicted molar refractivity (Wildman–Crippen MR) is 45.7 cm³/mol. The van der Waals surface area contributed by atoms with Gasteiger partial charge in [0.1, 0.15) is 0 Å². The molecular formula is C7H10ClO3P. The summed E-state index contributed by atoms with van der Waals surface area (Å²) in [7, 11) is -1.45. The van der Waals surface area contributed by atoms with Crippen LogP contribution in [-0.2, 0) is 13.8 Å². The van der Waals surface area contributed by atoms with E-state index >= 15 is 0 Å². The molecule has 2 rings (SSSR count). The van der Waals surface area contributed by atoms with Crippen LogP contribution in [0.5, 0.6) is 0 Å². The summed E-state index contributed by atoms with van der Waals surface area (Å²) in [6.07, 6.45) is 4.10. The standard InChI is InChI=1S/C7H10ClO3P/c8-12-10-6-4-2-1-3-5(6)7(9)11-12/h5-6H,1-4H2. The van der Waals surface area contributed by atoms with Crippen LogP contribution in [0.3, 0.4) is 0 Å².